The van der Waals surface area contributed by atoms with E-state index in [4.69, 9.17) is 25.2 Å². The quantitative estimate of drug-likeness (QED) is 0.298. The molecule has 1 atom stereocenters. The summed E-state index contributed by atoms with van der Waals surface area (Å²) in [5.41, 5.74) is 8.54. The molecule has 0 aliphatic carbocycles. The maximum atomic E-state index is 8.70. The number of hydrogen-bond acceptors (Lipinski definition) is 4. The molecule has 3 aromatic rings. The molecule has 3 N–H and O–H groups in total. The van der Waals surface area contributed by atoms with Gasteiger partial charge in [0.15, 0.2) is 0 Å². The average molecular weight is 478 g/mol. The van der Waals surface area contributed by atoms with Gasteiger partial charge in [-0.1, -0.05) is 84.9 Å². The smallest absolute Gasteiger partial charge is 0.470 e. The molecule has 2 aliphatic heterocycles. The van der Waals surface area contributed by atoms with Crippen LogP contribution in [0.25, 0.3) is 11.3 Å². The second kappa shape index (κ2) is 8.80. The van der Waals surface area contributed by atoms with E-state index in [1.165, 1.54) is 0 Å². The van der Waals surface area contributed by atoms with Crippen molar-refractivity contribution in [3.63, 3.8) is 0 Å². The number of benzene rings is 3. The Kier molecular flexibility index (Phi) is 5.90. The van der Waals surface area contributed by atoms with Gasteiger partial charge in [-0.15, -0.1) is 0 Å². The lowest BCUT2D eigenvalue weighted by Crippen LogP contribution is -2.44. The van der Waals surface area contributed by atoms with Crippen molar-refractivity contribution in [2.24, 2.45) is 5.73 Å². The topological polar surface area (TPSA) is 77.6 Å². The van der Waals surface area contributed by atoms with E-state index in [0.29, 0.717) is 5.76 Å². The molecule has 2 aliphatic rings. The molecule has 0 aromatic heterocycles. The first-order valence-corrected chi connectivity index (χ1v) is 12.2. The first-order chi connectivity index (χ1) is 17.1. The zero-order valence-corrected chi connectivity index (χ0v) is 21.1. The largest absolute Gasteiger partial charge is 0.494 e. The summed E-state index contributed by atoms with van der Waals surface area (Å²) in [6.07, 6.45) is 3.93. The van der Waals surface area contributed by atoms with Crippen molar-refractivity contribution in [3.05, 3.63) is 114 Å². The molecule has 5 rings (SSSR count). The summed E-state index contributed by atoms with van der Waals surface area (Å²) in [4.78, 5) is 0. The van der Waals surface area contributed by atoms with Gasteiger partial charge in [-0.2, -0.15) is 0 Å². The molecule has 0 saturated carbocycles. The molecule has 0 amide bonds. The van der Waals surface area contributed by atoms with Crippen LogP contribution in [0.5, 0.6) is 0 Å². The maximum absolute atomic E-state index is 8.70. The van der Waals surface area contributed by atoms with E-state index in [1.54, 1.807) is 0 Å². The normalized spacial score (nSPS) is 22.4. The highest BCUT2D eigenvalue weighted by molar-refractivity contribution is 6.62. The summed E-state index contributed by atoms with van der Waals surface area (Å²) in [7, 11) is -0.538. The van der Waals surface area contributed by atoms with Crippen LogP contribution in [0, 0.1) is 5.41 Å². The van der Waals surface area contributed by atoms with Crippen LogP contribution in [-0.4, -0.2) is 24.2 Å². The summed E-state index contributed by atoms with van der Waals surface area (Å²) in [5.74, 6) is 0.539. The molecular formula is C30H31BN2O3. The number of nitrogens with two attached hydrogens (primary N) is 1. The minimum atomic E-state index is -1.30. The minimum Gasteiger partial charge on any atom is -0.470 e. The van der Waals surface area contributed by atoms with Gasteiger partial charge in [0.2, 0.25) is 5.60 Å². The standard InChI is InChI=1S/C30H31BN2O3/c1-28(2)29(3,4)36-31(35-28)25-17-11-16-24(19-25)30(27(32)33)20-23(21-12-7-5-8-13-21)18-26(34-30)22-14-9-6-10-15-22/h5-20H,1-4H3,(H3,32,33). The van der Waals surface area contributed by atoms with Crippen molar-refractivity contribution >= 4 is 29.7 Å². The fourth-order valence-electron chi connectivity index (χ4n) is 4.50. The van der Waals surface area contributed by atoms with E-state index in [9.17, 15) is 0 Å². The van der Waals surface area contributed by atoms with E-state index in [0.717, 1.165) is 27.7 Å². The van der Waals surface area contributed by atoms with Crippen LogP contribution >= 0.6 is 0 Å². The molecule has 0 spiro atoms. The number of nitrogens with one attached hydrogen (secondary N) is 1. The summed E-state index contributed by atoms with van der Waals surface area (Å²) >= 11 is 0. The zero-order valence-electron chi connectivity index (χ0n) is 21.1. The van der Waals surface area contributed by atoms with E-state index in [-0.39, 0.29) is 5.84 Å². The Morgan fingerprint density at radius 1 is 0.778 bits per heavy atom. The Hall–Kier alpha value is -3.61. The molecule has 1 saturated heterocycles. The molecule has 1 fully saturated rings. The SMILES string of the molecule is CC1(C)OB(c2cccc(C3(C(=N)N)C=C(c4ccccc4)C=C(c4ccccc4)O3)c2)OC1(C)C. The molecule has 0 radical (unpaired) electrons. The molecule has 5 nitrogen and oxygen atoms in total. The third-order valence-electron chi connectivity index (χ3n) is 7.32. The highest BCUT2D eigenvalue weighted by Gasteiger charge is 2.52. The molecule has 36 heavy (non-hydrogen) atoms. The highest BCUT2D eigenvalue weighted by Crippen LogP contribution is 2.42. The summed E-state index contributed by atoms with van der Waals surface area (Å²) in [6.45, 7) is 8.13. The van der Waals surface area contributed by atoms with E-state index >= 15 is 0 Å². The average Bonchev–Trinajstić information content (AvgIpc) is 3.11. The van der Waals surface area contributed by atoms with Crippen LogP contribution in [0.2, 0.25) is 0 Å². The summed E-state index contributed by atoms with van der Waals surface area (Å²) in [6, 6.07) is 27.7. The van der Waals surface area contributed by atoms with E-state index < -0.39 is 23.9 Å². The zero-order chi connectivity index (χ0) is 25.6. The minimum absolute atomic E-state index is 0.108. The number of hydrogen-bond donors (Lipinski definition) is 2. The fraction of sp³-hybridized carbons (Fsp3) is 0.233. The Bertz CT molecular complexity index is 1330. The van der Waals surface area contributed by atoms with Crippen LogP contribution in [0.3, 0.4) is 0 Å². The van der Waals surface area contributed by atoms with Crippen LogP contribution in [-0.2, 0) is 19.6 Å². The number of ether oxygens (including phenoxy) is 1. The van der Waals surface area contributed by atoms with Crippen molar-refractivity contribution in [1.29, 1.82) is 5.41 Å². The molecule has 6 heteroatoms. The third-order valence-corrected chi connectivity index (χ3v) is 7.32. The Labute approximate surface area is 213 Å². The van der Waals surface area contributed by atoms with Crippen LogP contribution in [0.4, 0.5) is 0 Å². The third kappa shape index (κ3) is 4.17. The van der Waals surface area contributed by atoms with Gasteiger partial charge in [-0.3, -0.25) is 5.41 Å². The van der Waals surface area contributed by atoms with Gasteiger partial charge in [0.05, 0.1) is 11.2 Å². The first-order valence-electron chi connectivity index (χ1n) is 12.2. The van der Waals surface area contributed by atoms with Gasteiger partial charge in [0, 0.05) is 11.1 Å². The Morgan fingerprint density at radius 3 is 1.94 bits per heavy atom. The van der Waals surface area contributed by atoms with Crippen molar-refractivity contribution in [2.75, 3.05) is 0 Å². The van der Waals surface area contributed by atoms with Gasteiger partial charge in [0.25, 0.3) is 0 Å². The lowest BCUT2D eigenvalue weighted by molar-refractivity contribution is 0.00578. The molecular weight excluding hydrogens is 447 g/mol. The van der Waals surface area contributed by atoms with Crippen molar-refractivity contribution in [3.8, 4) is 0 Å². The fourth-order valence-corrected chi connectivity index (χ4v) is 4.50. The molecule has 2 heterocycles. The van der Waals surface area contributed by atoms with Gasteiger partial charge >= 0.3 is 7.12 Å². The molecule has 1 unspecified atom stereocenters. The Morgan fingerprint density at radius 2 is 1.36 bits per heavy atom. The molecule has 182 valence electrons. The number of allylic oxidation sites excluding steroid dienone is 2. The van der Waals surface area contributed by atoms with Crippen molar-refractivity contribution in [2.45, 2.75) is 44.5 Å². The second-order valence-electron chi connectivity index (χ2n) is 10.3. The van der Waals surface area contributed by atoms with Gasteiger partial charge in [0.1, 0.15) is 11.6 Å². The molecule has 3 aromatic carbocycles. The monoisotopic (exact) mass is 478 g/mol. The van der Waals surface area contributed by atoms with Crippen LogP contribution < -0.4 is 11.2 Å². The van der Waals surface area contributed by atoms with Gasteiger partial charge < -0.3 is 19.8 Å². The van der Waals surface area contributed by atoms with Gasteiger partial charge in [-0.25, -0.2) is 0 Å². The van der Waals surface area contributed by atoms with E-state index in [1.807, 2.05) is 125 Å². The van der Waals surface area contributed by atoms with E-state index in [2.05, 4.69) is 0 Å². The lowest BCUT2D eigenvalue weighted by atomic mass is 9.76. The van der Waals surface area contributed by atoms with Crippen molar-refractivity contribution < 1.29 is 14.0 Å². The Balaban J connectivity index is 1.63. The maximum Gasteiger partial charge on any atom is 0.494 e. The predicted octanol–water partition coefficient (Wildman–Crippen LogP) is 5.27. The lowest BCUT2D eigenvalue weighted by Gasteiger charge is -2.36. The van der Waals surface area contributed by atoms with Gasteiger partial charge in [-0.05, 0) is 56.4 Å². The first kappa shape index (κ1) is 24.1. The van der Waals surface area contributed by atoms with Crippen LogP contribution in [0.1, 0.15) is 44.4 Å². The highest BCUT2D eigenvalue weighted by atomic mass is 16.7. The number of rotatable bonds is 5. The van der Waals surface area contributed by atoms with Crippen molar-refractivity contribution in [1.82, 2.24) is 0 Å². The molecule has 0 bridgehead atoms. The second-order valence-corrected chi connectivity index (χ2v) is 10.3. The summed E-state index contributed by atoms with van der Waals surface area (Å²) in [5, 5.41) is 8.70. The number of amidine groups is 1. The predicted molar refractivity (Wildman–Crippen MR) is 146 cm³/mol. The summed E-state index contributed by atoms with van der Waals surface area (Å²) < 4.78 is 19.2. The van der Waals surface area contributed by atoms with Crippen LogP contribution in [0.15, 0.2) is 97.1 Å².